The molecule has 1 aromatic heterocycles. The van der Waals surface area contributed by atoms with Gasteiger partial charge in [0.25, 0.3) is 0 Å². The maximum atomic E-state index is 9.00. The van der Waals surface area contributed by atoms with E-state index in [0.29, 0.717) is 0 Å². The number of hydrogen-bond donors (Lipinski definition) is 2. The molecule has 1 heterocycles. The average molecular weight is 181 g/mol. The van der Waals surface area contributed by atoms with E-state index in [0.717, 1.165) is 18.5 Å². The summed E-state index contributed by atoms with van der Waals surface area (Å²) in [6, 6.07) is -0.278. The second-order valence-electron chi connectivity index (χ2n) is 3.58. The van der Waals surface area contributed by atoms with Gasteiger partial charge in [0, 0.05) is 7.05 Å². The normalized spacial score (nSPS) is 17.5. The summed E-state index contributed by atoms with van der Waals surface area (Å²) in [5.74, 6) is 0. The maximum absolute atomic E-state index is 9.00. The van der Waals surface area contributed by atoms with Crippen molar-refractivity contribution in [2.24, 2.45) is 12.8 Å². The van der Waals surface area contributed by atoms with Crippen LogP contribution in [0.3, 0.4) is 0 Å². The monoisotopic (exact) mass is 181 g/mol. The van der Waals surface area contributed by atoms with Crippen LogP contribution < -0.4 is 5.73 Å². The van der Waals surface area contributed by atoms with Gasteiger partial charge in [0.15, 0.2) is 0 Å². The summed E-state index contributed by atoms with van der Waals surface area (Å²) in [5.41, 5.74) is 9.25. The van der Waals surface area contributed by atoms with Crippen LogP contribution in [0.2, 0.25) is 0 Å². The Kier molecular flexibility index (Phi) is 2.09. The van der Waals surface area contributed by atoms with Crippen molar-refractivity contribution in [1.29, 1.82) is 0 Å². The zero-order valence-corrected chi connectivity index (χ0v) is 7.82. The first-order chi connectivity index (χ1) is 6.24. The molecule has 0 amide bonds. The number of hydrogen-bond acceptors (Lipinski definition) is 3. The third-order valence-corrected chi connectivity index (χ3v) is 2.67. The quantitative estimate of drug-likeness (QED) is 0.669. The molecule has 0 spiro atoms. The van der Waals surface area contributed by atoms with E-state index in [1.807, 2.05) is 11.7 Å². The Morgan fingerprint density at radius 3 is 3.08 bits per heavy atom. The third kappa shape index (κ3) is 1.26. The van der Waals surface area contributed by atoms with Gasteiger partial charge in [0.2, 0.25) is 0 Å². The Balaban J connectivity index is 2.43. The van der Waals surface area contributed by atoms with Crippen LogP contribution in [0.25, 0.3) is 0 Å². The zero-order chi connectivity index (χ0) is 9.42. The van der Waals surface area contributed by atoms with Crippen molar-refractivity contribution < 1.29 is 5.11 Å². The molecule has 2 rings (SSSR count). The highest BCUT2D eigenvalue weighted by atomic mass is 16.3. The molecule has 1 aromatic rings. The van der Waals surface area contributed by atoms with Gasteiger partial charge in [-0.15, -0.1) is 0 Å². The maximum Gasteiger partial charge on any atom is 0.0704 e. The summed E-state index contributed by atoms with van der Waals surface area (Å²) in [5, 5.41) is 13.4. The molecule has 1 aliphatic carbocycles. The van der Waals surface area contributed by atoms with E-state index >= 15 is 0 Å². The third-order valence-electron chi connectivity index (χ3n) is 2.67. The molecular formula is C9H15N3O. The second kappa shape index (κ2) is 3.12. The molecule has 1 aliphatic rings. The molecule has 13 heavy (non-hydrogen) atoms. The number of aromatic nitrogens is 2. The molecule has 0 bridgehead atoms. The minimum Gasteiger partial charge on any atom is -0.394 e. The summed E-state index contributed by atoms with van der Waals surface area (Å²) >= 11 is 0. The van der Waals surface area contributed by atoms with Crippen molar-refractivity contribution in [1.82, 2.24) is 9.78 Å². The summed E-state index contributed by atoms with van der Waals surface area (Å²) < 4.78 is 1.81. The lowest BCUT2D eigenvalue weighted by Gasteiger charge is -2.10. The molecule has 0 saturated carbocycles. The fourth-order valence-electron chi connectivity index (χ4n) is 2.09. The highest BCUT2D eigenvalue weighted by Crippen LogP contribution is 2.27. The second-order valence-corrected chi connectivity index (χ2v) is 3.58. The first-order valence-electron chi connectivity index (χ1n) is 4.65. The van der Waals surface area contributed by atoms with Crippen molar-refractivity contribution in [3.05, 3.63) is 17.0 Å². The molecule has 3 N–H and O–H groups in total. The number of rotatable bonds is 2. The fraction of sp³-hybridized carbons (Fsp3) is 0.667. The highest BCUT2D eigenvalue weighted by Gasteiger charge is 2.23. The van der Waals surface area contributed by atoms with Crippen LogP contribution in [0.1, 0.15) is 29.4 Å². The Bertz CT molecular complexity index is 319. The van der Waals surface area contributed by atoms with E-state index in [2.05, 4.69) is 5.10 Å². The number of aryl methyl sites for hydroxylation is 2. The molecule has 0 aromatic carbocycles. The van der Waals surface area contributed by atoms with Gasteiger partial charge in [0.1, 0.15) is 0 Å². The number of aliphatic hydroxyl groups is 1. The highest BCUT2D eigenvalue weighted by molar-refractivity contribution is 5.32. The largest absolute Gasteiger partial charge is 0.394 e. The van der Waals surface area contributed by atoms with E-state index in [4.69, 9.17) is 10.8 Å². The van der Waals surface area contributed by atoms with Gasteiger partial charge in [-0.05, 0) is 24.8 Å². The zero-order valence-electron chi connectivity index (χ0n) is 7.82. The molecule has 0 fully saturated rings. The molecule has 4 nitrogen and oxygen atoms in total. The summed E-state index contributed by atoms with van der Waals surface area (Å²) in [6.45, 7) is -0.00796. The van der Waals surface area contributed by atoms with E-state index in [9.17, 15) is 0 Å². The Hall–Kier alpha value is -0.870. The molecule has 0 saturated heterocycles. The van der Waals surface area contributed by atoms with E-state index in [-0.39, 0.29) is 12.6 Å². The van der Waals surface area contributed by atoms with Gasteiger partial charge < -0.3 is 10.8 Å². The minimum atomic E-state index is -0.278. The van der Waals surface area contributed by atoms with Gasteiger partial charge in [-0.1, -0.05) is 0 Å². The Morgan fingerprint density at radius 1 is 1.62 bits per heavy atom. The van der Waals surface area contributed by atoms with Crippen LogP contribution in [0.15, 0.2) is 0 Å². The number of fused-ring (bicyclic) bond motifs is 1. The summed E-state index contributed by atoms with van der Waals surface area (Å²) in [4.78, 5) is 0. The molecule has 0 aliphatic heterocycles. The van der Waals surface area contributed by atoms with E-state index in [1.54, 1.807) is 0 Å². The first kappa shape index (κ1) is 8.72. The van der Waals surface area contributed by atoms with Gasteiger partial charge in [-0.3, -0.25) is 4.68 Å². The average Bonchev–Trinajstić information content (AvgIpc) is 2.62. The number of nitrogens with two attached hydrogens (primary N) is 1. The summed E-state index contributed by atoms with van der Waals surface area (Å²) in [7, 11) is 1.89. The smallest absolute Gasteiger partial charge is 0.0704 e. The van der Waals surface area contributed by atoms with Crippen molar-refractivity contribution in [3.8, 4) is 0 Å². The van der Waals surface area contributed by atoms with Gasteiger partial charge in [-0.25, -0.2) is 0 Å². The van der Waals surface area contributed by atoms with Crippen molar-refractivity contribution in [2.75, 3.05) is 6.61 Å². The molecular weight excluding hydrogens is 166 g/mol. The van der Waals surface area contributed by atoms with E-state index in [1.165, 1.54) is 17.7 Å². The lowest BCUT2D eigenvalue weighted by molar-refractivity contribution is 0.262. The van der Waals surface area contributed by atoms with Gasteiger partial charge in [0.05, 0.1) is 24.0 Å². The first-order valence-corrected chi connectivity index (χ1v) is 4.65. The van der Waals surface area contributed by atoms with Gasteiger partial charge in [-0.2, -0.15) is 5.10 Å². The SMILES string of the molecule is Cn1nc2c(c1C(N)CO)CCC2. The molecule has 1 atom stereocenters. The van der Waals surface area contributed by atoms with Crippen LogP contribution in [-0.4, -0.2) is 21.5 Å². The van der Waals surface area contributed by atoms with Gasteiger partial charge >= 0.3 is 0 Å². The standard InChI is InChI=1S/C9H15N3O/c1-12-9(7(10)5-13)6-3-2-4-8(6)11-12/h7,13H,2-5,10H2,1H3. The molecule has 4 heteroatoms. The summed E-state index contributed by atoms with van der Waals surface area (Å²) in [6.07, 6.45) is 3.29. The van der Waals surface area contributed by atoms with Crippen LogP contribution in [-0.2, 0) is 19.9 Å². The Labute approximate surface area is 77.4 Å². The van der Waals surface area contributed by atoms with E-state index < -0.39 is 0 Å². The van der Waals surface area contributed by atoms with Crippen molar-refractivity contribution in [3.63, 3.8) is 0 Å². The predicted octanol–water partition coefficient (Wildman–Crippen LogP) is -0.0991. The fourth-order valence-corrected chi connectivity index (χ4v) is 2.09. The minimum absolute atomic E-state index is 0.00796. The molecule has 0 radical (unpaired) electrons. The molecule has 1 unspecified atom stereocenters. The van der Waals surface area contributed by atoms with Crippen LogP contribution >= 0.6 is 0 Å². The van der Waals surface area contributed by atoms with Crippen molar-refractivity contribution >= 4 is 0 Å². The lowest BCUT2D eigenvalue weighted by atomic mass is 10.1. The van der Waals surface area contributed by atoms with Crippen molar-refractivity contribution in [2.45, 2.75) is 25.3 Å². The number of nitrogens with zero attached hydrogens (tertiary/aromatic N) is 2. The molecule has 72 valence electrons. The Morgan fingerprint density at radius 2 is 2.38 bits per heavy atom. The van der Waals surface area contributed by atoms with Crippen LogP contribution in [0.4, 0.5) is 0 Å². The van der Waals surface area contributed by atoms with Crippen LogP contribution in [0, 0.1) is 0 Å². The number of aliphatic hydroxyl groups excluding tert-OH is 1. The predicted molar refractivity (Wildman–Crippen MR) is 49.2 cm³/mol. The van der Waals surface area contributed by atoms with Crippen LogP contribution in [0.5, 0.6) is 0 Å². The topological polar surface area (TPSA) is 64.1 Å². The lowest BCUT2D eigenvalue weighted by Crippen LogP contribution is -2.19.